The number of aromatic nitrogens is 1. The summed E-state index contributed by atoms with van der Waals surface area (Å²) in [7, 11) is 0. The predicted molar refractivity (Wildman–Crippen MR) is 52.4 cm³/mol. The fourth-order valence-corrected chi connectivity index (χ4v) is 1.75. The molecule has 0 saturated carbocycles. The van der Waals surface area contributed by atoms with Crippen molar-refractivity contribution in [1.82, 2.24) is 4.98 Å². The van der Waals surface area contributed by atoms with Gasteiger partial charge in [-0.1, -0.05) is 0 Å². The van der Waals surface area contributed by atoms with E-state index in [1.165, 1.54) is 0 Å². The van der Waals surface area contributed by atoms with E-state index in [9.17, 15) is 0 Å². The maximum absolute atomic E-state index is 3.96. The smallest absolute Gasteiger partial charge is 0.0511 e. The third kappa shape index (κ3) is 1.88. The zero-order chi connectivity index (χ0) is 6.85. The van der Waals surface area contributed by atoms with Crippen LogP contribution in [0.4, 0.5) is 0 Å². The molecule has 0 radical (unpaired) electrons. The minimum atomic E-state index is 0.995. The van der Waals surface area contributed by atoms with Gasteiger partial charge in [0.1, 0.15) is 0 Å². The lowest BCUT2D eigenvalue weighted by molar-refractivity contribution is 1.27. The van der Waals surface area contributed by atoms with Crippen molar-refractivity contribution in [3.63, 3.8) is 0 Å². The Morgan fingerprint density at radius 1 is 1.33 bits per heavy atom. The Morgan fingerprint density at radius 3 is 2.44 bits per heavy atom. The Balaban J connectivity index is 3.25. The molecule has 1 aromatic heterocycles. The van der Waals surface area contributed by atoms with Gasteiger partial charge in [-0.2, -0.15) is 0 Å². The van der Waals surface area contributed by atoms with Crippen LogP contribution in [0.25, 0.3) is 0 Å². The van der Waals surface area contributed by atoms with Gasteiger partial charge in [0.05, 0.1) is 4.47 Å². The van der Waals surface area contributed by atoms with Crippen LogP contribution in [0.2, 0.25) is 0 Å². The first-order chi connectivity index (χ1) is 4.22. The zero-order valence-corrected chi connectivity index (χ0v) is 9.57. The molecule has 0 N–H and O–H groups in total. The Morgan fingerprint density at radius 2 is 2.00 bits per heavy atom. The molecular formula is C5H2Br2IN. The number of hydrogen-bond donors (Lipinski definition) is 0. The highest BCUT2D eigenvalue weighted by atomic mass is 127. The topological polar surface area (TPSA) is 12.9 Å². The lowest BCUT2D eigenvalue weighted by atomic mass is 10.5. The molecule has 9 heavy (non-hydrogen) atoms. The van der Waals surface area contributed by atoms with E-state index >= 15 is 0 Å². The van der Waals surface area contributed by atoms with Gasteiger partial charge in [-0.05, 0) is 54.5 Å². The number of pyridine rings is 1. The van der Waals surface area contributed by atoms with Crippen molar-refractivity contribution < 1.29 is 0 Å². The van der Waals surface area contributed by atoms with Crippen molar-refractivity contribution in [3.8, 4) is 0 Å². The van der Waals surface area contributed by atoms with Gasteiger partial charge < -0.3 is 0 Å². The van der Waals surface area contributed by atoms with Gasteiger partial charge in [-0.25, -0.2) is 0 Å². The molecule has 4 heteroatoms. The van der Waals surface area contributed by atoms with Crippen LogP contribution in [-0.4, -0.2) is 4.98 Å². The minimum absolute atomic E-state index is 0.995. The summed E-state index contributed by atoms with van der Waals surface area (Å²) >= 11 is 8.93. The summed E-state index contributed by atoms with van der Waals surface area (Å²) in [5.41, 5.74) is 0. The van der Waals surface area contributed by atoms with Crippen molar-refractivity contribution >= 4 is 54.5 Å². The van der Waals surface area contributed by atoms with Crippen LogP contribution in [0.15, 0.2) is 21.3 Å². The molecule has 0 aromatic carbocycles. The molecule has 1 heterocycles. The van der Waals surface area contributed by atoms with Crippen LogP contribution < -0.4 is 0 Å². The molecule has 0 bridgehead atoms. The lowest BCUT2D eigenvalue weighted by Crippen LogP contribution is -1.78. The minimum Gasteiger partial charge on any atom is -0.262 e. The van der Waals surface area contributed by atoms with E-state index in [0.29, 0.717) is 0 Å². The monoisotopic (exact) mass is 361 g/mol. The molecule has 0 aliphatic carbocycles. The molecule has 0 unspecified atom stereocenters. The largest absolute Gasteiger partial charge is 0.262 e. The first-order valence-electron chi connectivity index (χ1n) is 2.16. The quantitative estimate of drug-likeness (QED) is 0.646. The van der Waals surface area contributed by atoms with E-state index in [-0.39, 0.29) is 0 Å². The van der Waals surface area contributed by atoms with E-state index in [1.54, 1.807) is 12.4 Å². The fraction of sp³-hybridized carbons (Fsp3) is 0. The Kier molecular flexibility index (Phi) is 2.91. The summed E-state index contributed by atoms with van der Waals surface area (Å²) in [6.07, 6.45) is 3.56. The van der Waals surface area contributed by atoms with Crippen LogP contribution in [-0.2, 0) is 0 Å². The molecule has 0 saturated heterocycles. The number of hydrogen-bond acceptors (Lipinski definition) is 1. The third-order valence-electron chi connectivity index (χ3n) is 0.795. The number of nitrogens with zero attached hydrogens (tertiary/aromatic N) is 1. The van der Waals surface area contributed by atoms with E-state index < -0.39 is 0 Å². The van der Waals surface area contributed by atoms with Crippen LogP contribution in [0.5, 0.6) is 0 Å². The average molecular weight is 363 g/mol. The van der Waals surface area contributed by atoms with E-state index in [4.69, 9.17) is 0 Å². The molecule has 1 nitrogen and oxygen atoms in total. The molecule has 0 fully saturated rings. The van der Waals surface area contributed by atoms with Crippen LogP contribution in [0.1, 0.15) is 0 Å². The summed E-state index contributed by atoms with van der Waals surface area (Å²) in [4.78, 5) is 3.96. The molecule has 0 aliphatic rings. The van der Waals surface area contributed by atoms with Crippen molar-refractivity contribution in [2.75, 3.05) is 0 Å². The zero-order valence-electron chi connectivity index (χ0n) is 4.24. The molecular weight excluding hydrogens is 361 g/mol. The van der Waals surface area contributed by atoms with Gasteiger partial charge in [-0.3, -0.25) is 4.98 Å². The summed E-state index contributed by atoms with van der Waals surface area (Å²) in [6.45, 7) is 0. The maximum Gasteiger partial charge on any atom is 0.0511 e. The average Bonchev–Trinajstić information content (AvgIpc) is 1.83. The van der Waals surface area contributed by atoms with Gasteiger partial charge >= 0.3 is 0 Å². The maximum atomic E-state index is 3.96. The third-order valence-corrected chi connectivity index (χ3v) is 4.34. The molecule has 0 amide bonds. The normalized spacial score (nSPS) is 9.67. The van der Waals surface area contributed by atoms with Crippen molar-refractivity contribution in [2.24, 2.45) is 0 Å². The molecule has 0 spiro atoms. The van der Waals surface area contributed by atoms with Gasteiger partial charge in [0.25, 0.3) is 0 Å². The van der Waals surface area contributed by atoms with E-state index in [1.807, 2.05) is 0 Å². The second-order valence-corrected chi connectivity index (χ2v) is 4.23. The highest BCUT2D eigenvalue weighted by Gasteiger charge is 1.98. The van der Waals surface area contributed by atoms with Crippen molar-refractivity contribution in [1.29, 1.82) is 0 Å². The second-order valence-electron chi connectivity index (χ2n) is 1.42. The highest BCUT2D eigenvalue weighted by molar-refractivity contribution is 14.1. The molecule has 1 rings (SSSR count). The highest BCUT2D eigenvalue weighted by Crippen LogP contribution is 2.25. The van der Waals surface area contributed by atoms with Crippen molar-refractivity contribution in [2.45, 2.75) is 0 Å². The second kappa shape index (κ2) is 3.30. The predicted octanol–water partition coefficient (Wildman–Crippen LogP) is 3.21. The van der Waals surface area contributed by atoms with Gasteiger partial charge in [0.2, 0.25) is 0 Å². The Labute approximate surface area is 83.6 Å². The van der Waals surface area contributed by atoms with Crippen LogP contribution in [0.3, 0.4) is 0 Å². The molecule has 48 valence electrons. The summed E-state index contributed by atoms with van der Waals surface area (Å²) in [5, 5.41) is 0. The molecule has 0 aliphatic heterocycles. The first-order valence-corrected chi connectivity index (χ1v) is 4.83. The number of rotatable bonds is 0. The van der Waals surface area contributed by atoms with Crippen molar-refractivity contribution in [3.05, 3.63) is 24.9 Å². The lowest BCUT2D eigenvalue weighted by Gasteiger charge is -1.94. The SMILES string of the molecule is Brc1cncc(I)c1Br. The summed E-state index contributed by atoms with van der Waals surface area (Å²) in [5.74, 6) is 0. The van der Waals surface area contributed by atoms with Crippen LogP contribution >= 0.6 is 54.5 Å². The van der Waals surface area contributed by atoms with Gasteiger partial charge in [0.15, 0.2) is 0 Å². The van der Waals surface area contributed by atoms with Crippen LogP contribution in [0, 0.1) is 3.57 Å². The Hall–Kier alpha value is 0.840. The molecule has 1 aromatic rings. The summed E-state index contributed by atoms with van der Waals surface area (Å²) in [6, 6.07) is 0. The number of halogens is 3. The fourth-order valence-electron chi connectivity index (χ4n) is 0.396. The van der Waals surface area contributed by atoms with E-state index in [0.717, 1.165) is 12.5 Å². The van der Waals surface area contributed by atoms with Gasteiger partial charge in [0, 0.05) is 20.4 Å². The first kappa shape index (κ1) is 7.94. The Bertz CT molecular complexity index is 206. The van der Waals surface area contributed by atoms with E-state index in [2.05, 4.69) is 59.4 Å². The summed E-state index contributed by atoms with van der Waals surface area (Å²) < 4.78 is 3.18. The standard InChI is InChI=1S/C5H2Br2IN/c6-3-1-9-2-4(8)5(3)7/h1-2H. The van der Waals surface area contributed by atoms with Gasteiger partial charge in [-0.15, -0.1) is 0 Å². The molecule has 0 atom stereocenters.